The van der Waals surface area contributed by atoms with Crippen LogP contribution in [0, 0.1) is 11.7 Å². The molecule has 6 heteroatoms. The lowest BCUT2D eigenvalue weighted by Crippen LogP contribution is -2.27. The van der Waals surface area contributed by atoms with E-state index in [0.717, 1.165) is 6.42 Å². The molecule has 0 fully saturated rings. The fraction of sp³-hybridized carbons (Fsp3) is 0.538. The average Bonchev–Trinajstić information content (AvgIpc) is 2.31. The van der Waals surface area contributed by atoms with Crippen LogP contribution in [0.4, 0.5) is 4.39 Å². The van der Waals surface area contributed by atoms with Gasteiger partial charge in [-0.15, -0.1) is 12.4 Å². The molecular formula is C13H19Cl3FNO. The molecule has 0 radical (unpaired) electrons. The second kappa shape index (κ2) is 8.28. The Balaban J connectivity index is 0.00000324. The number of aliphatic hydroxyl groups is 1. The first-order valence-electron chi connectivity index (χ1n) is 5.91. The number of nitrogens with two attached hydrogens (primary N) is 1. The normalized spacial score (nSPS) is 14.1. The Bertz CT molecular complexity index is 415. The number of hydrogen-bond donors (Lipinski definition) is 2. The minimum absolute atomic E-state index is 0. The van der Waals surface area contributed by atoms with Gasteiger partial charge < -0.3 is 10.8 Å². The summed E-state index contributed by atoms with van der Waals surface area (Å²) in [4.78, 5) is 0. The Morgan fingerprint density at radius 2 is 1.84 bits per heavy atom. The molecule has 0 saturated heterocycles. The van der Waals surface area contributed by atoms with Crippen molar-refractivity contribution in [2.75, 3.05) is 0 Å². The zero-order valence-corrected chi connectivity index (χ0v) is 13.2. The van der Waals surface area contributed by atoms with E-state index in [1.807, 2.05) is 13.8 Å². The van der Waals surface area contributed by atoms with Gasteiger partial charge in [-0.25, -0.2) is 4.39 Å². The molecule has 1 aromatic carbocycles. The quantitative estimate of drug-likeness (QED) is 0.788. The first kappa shape index (κ1) is 18.9. The number of benzene rings is 1. The van der Waals surface area contributed by atoms with Crippen molar-refractivity contribution in [2.24, 2.45) is 11.7 Å². The molecule has 0 spiro atoms. The lowest BCUT2D eigenvalue weighted by Gasteiger charge is -2.21. The van der Waals surface area contributed by atoms with Gasteiger partial charge in [0, 0.05) is 5.56 Å². The van der Waals surface area contributed by atoms with Gasteiger partial charge in [0.2, 0.25) is 0 Å². The lowest BCUT2D eigenvalue weighted by atomic mass is 9.95. The Kier molecular flexibility index (Phi) is 8.25. The molecule has 1 rings (SSSR count). The molecule has 0 heterocycles. The van der Waals surface area contributed by atoms with Crippen molar-refractivity contribution in [3.63, 3.8) is 0 Å². The van der Waals surface area contributed by atoms with Gasteiger partial charge in [-0.2, -0.15) is 0 Å². The largest absolute Gasteiger partial charge is 0.391 e. The predicted molar refractivity (Wildman–Crippen MR) is 80.7 cm³/mol. The second-order valence-corrected chi connectivity index (χ2v) is 5.61. The molecule has 0 unspecified atom stereocenters. The highest BCUT2D eigenvalue weighted by atomic mass is 35.5. The Hall–Kier alpha value is -0.0600. The first-order chi connectivity index (χ1) is 8.34. The van der Waals surface area contributed by atoms with Crippen LogP contribution in [0.1, 0.15) is 38.3 Å². The molecule has 0 aromatic heterocycles. The third kappa shape index (κ3) is 5.09. The number of rotatable bonds is 5. The van der Waals surface area contributed by atoms with E-state index < -0.39 is 18.0 Å². The molecule has 0 aliphatic carbocycles. The van der Waals surface area contributed by atoms with Crippen molar-refractivity contribution in [3.8, 4) is 0 Å². The van der Waals surface area contributed by atoms with E-state index in [0.29, 0.717) is 12.3 Å². The summed E-state index contributed by atoms with van der Waals surface area (Å²) in [6, 6.07) is 1.71. The van der Waals surface area contributed by atoms with Gasteiger partial charge in [0.1, 0.15) is 5.82 Å². The van der Waals surface area contributed by atoms with Gasteiger partial charge in [-0.05, 0) is 30.9 Å². The van der Waals surface area contributed by atoms with Crippen LogP contribution in [0.3, 0.4) is 0 Å². The molecule has 0 aliphatic heterocycles. The van der Waals surface area contributed by atoms with Crippen LogP contribution in [-0.2, 0) is 0 Å². The second-order valence-electron chi connectivity index (χ2n) is 4.82. The summed E-state index contributed by atoms with van der Waals surface area (Å²) in [6.07, 6.45) is 0.480. The molecule has 110 valence electrons. The predicted octanol–water partition coefficient (Wildman–Crippen LogP) is 4.35. The fourth-order valence-electron chi connectivity index (χ4n) is 1.72. The highest BCUT2D eigenvalue weighted by Gasteiger charge is 2.24. The summed E-state index contributed by atoms with van der Waals surface area (Å²) in [5, 5.41) is 10.3. The van der Waals surface area contributed by atoms with E-state index in [1.54, 1.807) is 0 Å². The smallest absolute Gasteiger partial charge is 0.129 e. The van der Waals surface area contributed by atoms with Crippen LogP contribution in [-0.4, -0.2) is 11.2 Å². The van der Waals surface area contributed by atoms with Crippen LogP contribution in [0.5, 0.6) is 0 Å². The summed E-state index contributed by atoms with van der Waals surface area (Å²) in [5.74, 6) is -0.0907. The molecule has 0 amide bonds. The lowest BCUT2D eigenvalue weighted by molar-refractivity contribution is 0.127. The minimum atomic E-state index is -0.866. The summed E-state index contributed by atoms with van der Waals surface area (Å²) < 4.78 is 13.7. The maximum Gasteiger partial charge on any atom is 0.129 e. The highest BCUT2D eigenvalue weighted by molar-refractivity contribution is 6.42. The molecule has 3 N–H and O–H groups in total. The van der Waals surface area contributed by atoms with E-state index in [1.165, 1.54) is 12.1 Å². The first-order valence-corrected chi connectivity index (χ1v) is 6.67. The molecule has 1 aromatic rings. The maximum absolute atomic E-state index is 13.7. The van der Waals surface area contributed by atoms with E-state index in [2.05, 4.69) is 0 Å². The van der Waals surface area contributed by atoms with Gasteiger partial charge >= 0.3 is 0 Å². The molecular weight excluding hydrogens is 312 g/mol. The Labute approximate surface area is 129 Å². The SMILES string of the molecule is CC(C)CC[C@@H](O)[C@@H](N)c1c(F)ccc(Cl)c1Cl.Cl. The van der Waals surface area contributed by atoms with Crippen LogP contribution in [0.2, 0.25) is 10.0 Å². The van der Waals surface area contributed by atoms with Crippen LogP contribution >= 0.6 is 35.6 Å². The van der Waals surface area contributed by atoms with Crippen molar-refractivity contribution >= 4 is 35.6 Å². The Morgan fingerprint density at radius 3 is 2.37 bits per heavy atom. The molecule has 0 aliphatic rings. The van der Waals surface area contributed by atoms with Gasteiger partial charge in [0.25, 0.3) is 0 Å². The van der Waals surface area contributed by atoms with Crippen molar-refractivity contribution < 1.29 is 9.50 Å². The standard InChI is InChI=1S/C13H18Cl2FNO.ClH/c1-7(2)3-6-10(18)13(17)11-9(16)5-4-8(14)12(11)15;/h4-5,7,10,13,18H,3,6,17H2,1-2H3;1H/t10-,13-;/m1./s1. The van der Waals surface area contributed by atoms with Crippen molar-refractivity contribution in [3.05, 3.63) is 33.6 Å². The van der Waals surface area contributed by atoms with Gasteiger partial charge in [-0.3, -0.25) is 0 Å². The van der Waals surface area contributed by atoms with Crippen molar-refractivity contribution in [2.45, 2.75) is 38.8 Å². The average molecular weight is 331 g/mol. The van der Waals surface area contributed by atoms with Crippen LogP contribution < -0.4 is 5.73 Å². The fourth-order valence-corrected chi connectivity index (χ4v) is 2.17. The topological polar surface area (TPSA) is 46.2 Å². The van der Waals surface area contributed by atoms with Crippen LogP contribution in [0.15, 0.2) is 12.1 Å². The van der Waals surface area contributed by atoms with E-state index in [-0.39, 0.29) is 28.0 Å². The molecule has 2 nitrogen and oxygen atoms in total. The number of aliphatic hydroxyl groups excluding tert-OH is 1. The maximum atomic E-state index is 13.7. The van der Waals surface area contributed by atoms with E-state index in [4.69, 9.17) is 28.9 Å². The summed E-state index contributed by atoms with van der Waals surface area (Å²) in [5.41, 5.74) is 5.95. The monoisotopic (exact) mass is 329 g/mol. The number of halogens is 4. The molecule has 2 atom stereocenters. The zero-order chi connectivity index (χ0) is 13.9. The third-order valence-corrected chi connectivity index (χ3v) is 3.69. The molecule has 0 bridgehead atoms. The zero-order valence-electron chi connectivity index (χ0n) is 10.9. The van der Waals surface area contributed by atoms with E-state index >= 15 is 0 Å². The highest BCUT2D eigenvalue weighted by Crippen LogP contribution is 2.33. The Morgan fingerprint density at radius 1 is 1.26 bits per heavy atom. The van der Waals surface area contributed by atoms with Gasteiger partial charge in [-0.1, -0.05) is 37.0 Å². The van der Waals surface area contributed by atoms with Crippen molar-refractivity contribution in [1.82, 2.24) is 0 Å². The summed E-state index contributed by atoms with van der Waals surface area (Å²) in [7, 11) is 0. The van der Waals surface area contributed by atoms with Crippen LogP contribution in [0.25, 0.3) is 0 Å². The molecule has 19 heavy (non-hydrogen) atoms. The summed E-state index contributed by atoms with van der Waals surface area (Å²) >= 11 is 11.8. The minimum Gasteiger partial charge on any atom is -0.391 e. The number of hydrogen-bond acceptors (Lipinski definition) is 2. The summed E-state index contributed by atoms with van der Waals surface area (Å²) in [6.45, 7) is 4.09. The van der Waals surface area contributed by atoms with E-state index in [9.17, 15) is 9.50 Å². The van der Waals surface area contributed by atoms with Gasteiger partial charge in [0.05, 0.1) is 22.2 Å². The van der Waals surface area contributed by atoms with Crippen molar-refractivity contribution in [1.29, 1.82) is 0 Å². The third-order valence-electron chi connectivity index (χ3n) is 2.87. The molecule has 0 saturated carbocycles. The van der Waals surface area contributed by atoms with Gasteiger partial charge in [0.15, 0.2) is 0 Å².